The molecule has 1 heterocycles. The first-order valence-electron chi connectivity index (χ1n) is 6.24. The highest BCUT2D eigenvalue weighted by Gasteiger charge is 2.14. The summed E-state index contributed by atoms with van der Waals surface area (Å²) in [6.07, 6.45) is 1.99. The van der Waals surface area contributed by atoms with Crippen molar-refractivity contribution in [3.05, 3.63) is 20.8 Å². The van der Waals surface area contributed by atoms with Crippen LogP contribution >= 0.6 is 11.8 Å². The molecule has 0 aliphatic carbocycles. The van der Waals surface area contributed by atoms with E-state index in [1.54, 1.807) is 11.8 Å². The summed E-state index contributed by atoms with van der Waals surface area (Å²) in [5.74, 6) is 1.32. The van der Waals surface area contributed by atoms with Crippen LogP contribution in [0.3, 0.4) is 0 Å². The number of anilines is 2. The average Bonchev–Trinajstić information content (AvgIpc) is 2.30. The minimum atomic E-state index is -0.463. The number of aromatic nitrogens is 2. The third-order valence-electron chi connectivity index (χ3n) is 2.59. The van der Waals surface area contributed by atoms with Crippen LogP contribution in [-0.2, 0) is 6.54 Å². The van der Waals surface area contributed by atoms with Gasteiger partial charge in [-0.3, -0.25) is 14.3 Å². The van der Waals surface area contributed by atoms with Gasteiger partial charge in [0.2, 0.25) is 0 Å². The van der Waals surface area contributed by atoms with Gasteiger partial charge in [-0.25, -0.2) is 4.79 Å². The van der Waals surface area contributed by atoms with Crippen LogP contribution in [0.1, 0.15) is 20.8 Å². The Balaban J connectivity index is 3.17. The molecule has 6 nitrogen and oxygen atoms in total. The molecular formula is C12H22N4O2S. The molecule has 0 bridgehead atoms. The van der Waals surface area contributed by atoms with E-state index in [0.717, 1.165) is 5.75 Å². The standard InChI is InChI=1S/C12H22N4O2S/c1-7(2)5-16-10(13)9(11(17)15-12(16)18)14-8(3)6-19-4/h7-8,14H,5-6,13H2,1-4H3,(H,15,17,18). The molecule has 0 aliphatic heterocycles. The summed E-state index contributed by atoms with van der Waals surface area (Å²) in [4.78, 5) is 25.9. The van der Waals surface area contributed by atoms with E-state index in [1.807, 2.05) is 27.0 Å². The zero-order valence-electron chi connectivity index (χ0n) is 11.8. The molecule has 7 heteroatoms. The van der Waals surface area contributed by atoms with Crippen LogP contribution in [0.25, 0.3) is 0 Å². The number of nitrogens with zero attached hydrogens (tertiary/aromatic N) is 1. The van der Waals surface area contributed by atoms with Crippen molar-refractivity contribution in [1.82, 2.24) is 9.55 Å². The SMILES string of the molecule is CSCC(C)Nc1c(N)n(CC(C)C)c(=O)[nH]c1=O. The van der Waals surface area contributed by atoms with E-state index in [2.05, 4.69) is 10.3 Å². The van der Waals surface area contributed by atoms with Gasteiger partial charge in [-0.1, -0.05) is 13.8 Å². The van der Waals surface area contributed by atoms with Crippen LogP contribution in [0.2, 0.25) is 0 Å². The molecule has 1 aromatic rings. The lowest BCUT2D eigenvalue weighted by Gasteiger charge is -2.18. The number of nitrogen functional groups attached to an aromatic ring is 1. The molecule has 0 saturated heterocycles. The van der Waals surface area contributed by atoms with Gasteiger partial charge in [-0.15, -0.1) is 0 Å². The van der Waals surface area contributed by atoms with Crippen LogP contribution in [-0.4, -0.2) is 27.6 Å². The highest BCUT2D eigenvalue weighted by Crippen LogP contribution is 2.14. The van der Waals surface area contributed by atoms with Crippen molar-refractivity contribution in [3.8, 4) is 0 Å². The third-order valence-corrected chi connectivity index (χ3v) is 3.43. The molecule has 1 aromatic heterocycles. The molecule has 1 unspecified atom stereocenters. The Hall–Kier alpha value is -1.37. The van der Waals surface area contributed by atoms with Crippen LogP contribution in [0.15, 0.2) is 9.59 Å². The summed E-state index contributed by atoms with van der Waals surface area (Å²) >= 11 is 1.67. The lowest BCUT2D eigenvalue weighted by molar-refractivity contribution is 0.508. The van der Waals surface area contributed by atoms with Crippen LogP contribution in [0.5, 0.6) is 0 Å². The van der Waals surface area contributed by atoms with Crippen LogP contribution in [0.4, 0.5) is 11.5 Å². The number of nitrogens with two attached hydrogens (primary N) is 1. The Morgan fingerprint density at radius 1 is 1.37 bits per heavy atom. The predicted octanol–water partition coefficient (Wildman–Crippen LogP) is 0.938. The number of rotatable bonds is 6. The quantitative estimate of drug-likeness (QED) is 0.723. The van der Waals surface area contributed by atoms with E-state index in [4.69, 9.17) is 5.73 Å². The Kier molecular flexibility index (Phi) is 5.53. The monoisotopic (exact) mass is 286 g/mol. The molecule has 0 saturated carbocycles. The van der Waals surface area contributed by atoms with Gasteiger partial charge >= 0.3 is 5.69 Å². The molecule has 0 radical (unpaired) electrons. The van der Waals surface area contributed by atoms with Gasteiger partial charge in [0.1, 0.15) is 11.5 Å². The lowest BCUT2D eigenvalue weighted by Crippen LogP contribution is -2.36. The summed E-state index contributed by atoms with van der Waals surface area (Å²) in [7, 11) is 0. The highest BCUT2D eigenvalue weighted by molar-refractivity contribution is 7.98. The van der Waals surface area contributed by atoms with Gasteiger partial charge in [0.05, 0.1) is 0 Å². The summed E-state index contributed by atoms with van der Waals surface area (Å²) in [5, 5.41) is 3.07. The van der Waals surface area contributed by atoms with E-state index in [9.17, 15) is 9.59 Å². The summed E-state index contributed by atoms with van der Waals surface area (Å²) in [6, 6.07) is 0.100. The summed E-state index contributed by atoms with van der Waals surface area (Å²) in [5.41, 5.74) is 5.31. The van der Waals surface area contributed by atoms with Crippen molar-refractivity contribution in [3.63, 3.8) is 0 Å². The fourth-order valence-electron chi connectivity index (χ4n) is 1.81. The molecule has 1 atom stereocenters. The molecule has 0 spiro atoms. The van der Waals surface area contributed by atoms with Crippen molar-refractivity contribution in [2.24, 2.45) is 5.92 Å². The maximum absolute atomic E-state index is 11.8. The second kappa shape index (κ2) is 6.70. The largest absolute Gasteiger partial charge is 0.383 e. The van der Waals surface area contributed by atoms with E-state index in [-0.39, 0.29) is 23.5 Å². The van der Waals surface area contributed by atoms with Crippen molar-refractivity contribution in [2.75, 3.05) is 23.1 Å². The van der Waals surface area contributed by atoms with Crippen molar-refractivity contribution >= 4 is 23.3 Å². The summed E-state index contributed by atoms with van der Waals surface area (Å²) < 4.78 is 1.40. The number of thioether (sulfide) groups is 1. The van der Waals surface area contributed by atoms with E-state index < -0.39 is 11.2 Å². The van der Waals surface area contributed by atoms with E-state index >= 15 is 0 Å². The Bertz CT molecular complexity index is 536. The Morgan fingerprint density at radius 2 is 2.00 bits per heavy atom. The molecular weight excluding hydrogens is 264 g/mol. The Labute approximate surface area is 116 Å². The molecule has 0 aliphatic rings. The average molecular weight is 286 g/mol. The number of nitrogens with one attached hydrogen (secondary N) is 2. The molecule has 1 rings (SSSR count). The summed E-state index contributed by atoms with van der Waals surface area (Å²) in [6.45, 7) is 6.42. The first kappa shape index (κ1) is 15.7. The van der Waals surface area contributed by atoms with Crippen molar-refractivity contribution in [1.29, 1.82) is 0 Å². The number of aromatic amines is 1. The maximum Gasteiger partial charge on any atom is 0.330 e. The number of hydrogen-bond acceptors (Lipinski definition) is 5. The smallest absolute Gasteiger partial charge is 0.330 e. The number of hydrogen-bond donors (Lipinski definition) is 3. The lowest BCUT2D eigenvalue weighted by atomic mass is 10.2. The maximum atomic E-state index is 11.8. The van der Waals surface area contributed by atoms with Gasteiger partial charge in [0, 0.05) is 18.3 Å². The topological polar surface area (TPSA) is 92.9 Å². The first-order chi connectivity index (χ1) is 8.86. The third kappa shape index (κ3) is 4.05. The molecule has 4 N–H and O–H groups in total. The molecule has 108 valence electrons. The van der Waals surface area contributed by atoms with Gasteiger partial charge < -0.3 is 11.1 Å². The molecule has 0 amide bonds. The zero-order valence-corrected chi connectivity index (χ0v) is 12.6. The van der Waals surface area contributed by atoms with E-state index in [0.29, 0.717) is 6.54 Å². The van der Waals surface area contributed by atoms with Gasteiger partial charge in [-0.05, 0) is 19.1 Å². The second-order valence-corrected chi connectivity index (χ2v) is 5.94. The van der Waals surface area contributed by atoms with Crippen LogP contribution < -0.4 is 22.3 Å². The Morgan fingerprint density at radius 3 is 2.53 bits per heavy atom. The van der Waals surface area contributed by atoms with Gasteiger partial charge in [0.25, 0.3) is 5.56 Å². The molecule has 19 heavy (non-hydrogen) atoms. The van der Waals surface area contributed by atoms with Gasteiger partial charge in [-0.2, -0.15) is 11.8 Å². The molecule has 0 aromatic carbocycles. The molecule has 0 fully saturated rings. The fraction of sp³-hybridized carbons (Fsp3) is 0.667. The van der Waals surface area contributed by atoms with E-state index in [1.165, 1.54) is 4.57 Å². The minimum absolute atomic E-state index is 0.100. The second-order valence-electron chi connectivity index (χ2n) is 5.02. The zero-order chi connectivity index (χ0) is 14.6. The highest BCUT2D eigenvalue weighted by atomic mass is 32.2. The predicted molar refractivity (Wildman–Crippen MR) is 82.0 cm³/mol. The van der Waals surface area contributed by atoms with Crippen molar-refractivity contribution in [2.45, 2.75) is 33.4 Å². The first-order valence-corrected chi connectivity index (χ1v) is 7.64. The fourth-order valence-corrected chi connectivity index (χ4v) is 2.40. The van der Waals surface area contributed by atoms with Gasteiger partial charge in [0.15, 0.2) is 0 Å². The van der Waals surface area contributed by atoms with Crippen LogP contribution in [0, 0.1) is 5.92 Å². The number of H-pyrrole nitrogens is 1. The van der Waals surface area contributed by atoms with Crippen molar-refractivity contribution < 1.29 is 0 Å². The minimum Gasteiger partial charge on any atom is -0.383 e. The normalized spacial score (nSPS) is 12.7.